The second kappa shape index (κ2) is 7.74. The number of nitro groups is 1. The first-order valence-corrected chi connectivity index (χ1v) is 9.89. The van der Waals surface area contributed by atoms with Gasteiger partial charge in [-0.2, -0.15) is 4.31 Å². The minimum absolute atomic E-state index is 0.0411. The number of methoxy groups -OCH3 is 1. The summed E-state index contributed by atoms with van der Waals surface area (Å²) in [6.45, 7) is -0.380. The lowest BCUT2D eigenvalue weighted by Crippen LogP contribution is -2.47. The normalized spacial score (nSPS) is 15.7. The molecule has 0 spiro atoms. The van der Waals surface area contributed by atoms with E-state index >= 15 is 0 Å². The lowest BCUT2D eigenvalue weighted by molar-refractivity contribution is -0.384. The molecule has 9 nitrogen and oxygen atoms in total. The van der Waals surface area contributed by atoms with Crippen LogP contribution in [0.2, 0.25) is 5.02 Å². The largest absolute Gasteiger partial charge is 0.468 e. The number of non-ortho nitro benzene ring substituents is 1. The highest BCUT2D eigenvalue weighted by molar-refractivity contribution is 7.89. The van der Waals surface area contributed by atoms with Gasteiger partial charge >= 0.3 is 5.97 Å². The molecule has 0 aromatic heterocycles. The van der Waals surface area contributed by atoms with E-state index in [1.54, 1.807) is 11.0 Å². The van der Waals surface area contributed by atoms with Crippen molar-refractivity contribution in [3.05, 3.63) is 63.2 Å². The minimum atomic E-state index is -3.93. The maximum atomic E-state index is 13.1. The van der Waals surface area contributed by atoms with E-state index in [0.717, 1.165) is 4.31 Å². The van der Waals surface area contributed by atoms with Crippen molar-refractivity contribution < 1.29 is 22.9 Å². The fourth-order valence-electron chi connectivity index (χ4n) is 2.90. The summed E-state index contributed by atoms with van der Waals surface area (Å²) in [6, 6.07) is 10.1. The minimum Gasteiger partial charge on any atom is -0.468 e. The molecule has 1 aliphatic rings. The maximum Gasteiger partial charge on any atom is 0.325 e. The fraction of sp³-hybridized carbons (Fsp3) is 0.235. The van der Waals surface area contributed by atoms with Gasteiger partial charge in [0.05, 0.1) is 24.4 Å². The summed E-state index contributed by atoms with van der Waals surface area (Å²) in [7, 11) is -2.68. The Morgan fingerprint density at radius 3 is 2.71 bits per heavy atom. The maximum absolute atomic E-state index is 13.1. The molecule has 0 amide bonds. The zero-order valence-electron chi connectivity index (χ0n) is 14.7. The number of nitrogens with zero attached hydrogens (tertiary/aromatic N) is 3. The molecule has 148 valence electrons. The second-order valence-corrected chi connectivity index (χ2v) is 8.41. The highest BCUT2D eigenvalue weighted by Gasteiger charge is 2.36. The SMILES string of the molecule is COC(=O)CN1CN(Cc2cccc([N+](=O)[O-])c2)S(=O)(=O)c2cc(Cl)ccc21. The molecule has 0 N–H and O–H groups in total. The van der Waals surface area contributed by atoms with Crippen LogP contribution in [0, 0.1) is 10.1 Å². The second-order valence-electron chi connectivity index (χ2n) is 6.07. The van der Waals surface area contributed by atoms with E-state index < -0.39 is 20.9 Å². The Morgan fingerprint density at radius 2 is 2.04 bits per heavy atom. The Bertz CT molecular complexity index is 1040. The van der Waals surface area contributed by atoms with Crippen molar-refractivity contribution in [3.63, 3.8) is 0 Å². The first-order valence-electron chi connectivity index (χ1n) is 8.07. The molecule has 0 saturated carbocycles. The third-order valence-electron chi connectivity index (χ3n) is 4.24. The number of ether oxygens (including phenoxy) is 1. The van der Waals surface area contributed by atoms with Crippen LogP contribution < -0.4 is 4.90 Å². The van der Waals surface area contributed by atoms with Gasteiger partial charge in [0, 0.05) is 23.7 Å². The van der Waals surface area contributed by atoms with Crippen molar-refractivity contribution >= 4 is 39.0 Å². The Morgan fingerprint density at radius 1 is 1.29 bits per heavy atom. The topological polar surface area (TPSA) is 110 Å². The zero-order chi connectivity index (χ0) is 20.5. The van der Waals surface area contributed by atoms with E-state index in [0.29, 0.717) is 11.3 Å². The Hall–Kier alpha value is -2.69. The van der Waals surface area contributed by atoms with Gasteiger partial charge in [-0.3, -0.25) is 14.9 Å². The molecule has 0 aliphatic carbocycles. The van der Waals surface area contributed by atoms with Crippen molar-refractivity contribution in [1.82, 2.24) is 4.31 Å². The quantitative estimate of drug-likeness (QED) is 0.411. The predicted octanol–water partition coefficient (Wildman–Crippen LogP) is 2.39. The molecule has 11 heteroatoms. The van der Waals surface area contributed by atoms with Crippen LogP contribution in [0.1, 0.15) is 5.56 Å². The number of nitro benzene ring substituents is 1. The van der Waals surface area contributed by atoms with E-state index in [9.17, 15) is 23.3 Å². The summed E-state index contributed by atoms with van der Waals surface area (Å²) < 4.78 is 32.0. The first-order chi connectivity index (χ1) is 13.2. The molecule has 0 unspecified atom stereocenters. The molecule has 0 bridgehead atoms. The van der Waals surface area contributed by atoms with Gasteiger partial charge < -0.3 is 9.64 Å². The van der Waals surface area contributed by atoms with Gasteiger partial charge in [0.2, 0.25) is 10.0 Å². The van der Waals surface area contributed by atoms with Gasteiger partial charge in [-0.15, -0.1) is 0 Å². The third-order valence-corrected chi connectivity index (χ3v) is 6.28. The van der Waals surface area contributed by atoms with Gasteiger partial charge in [0.1, 0.15) is 11.4 Å². The lowest BCUT2D eigenvalue weighted by Gasteiger charge is -2.37. The number of carbonyl (C=O) groups excluding carboxylic acids is 1. The number of carbonyl (C=O) groups is 1. The predicted molar refractivity (Wildman–Crippen MR) is 102 cm³/mol. The van der Waals surface area contributed by atoms with Crippen LogP contribution in [0.5, 0.6) is 0 Å². The van der Waals surface area contributed by atoms with Gasteiger partial charge in [0.15, 0.2) is 0 Å². The Balaban J connectivity index is 2.01. The van der Waals surface area contributed by atoms with Crippen molar-refractivity contribution in [2.75, 3.05) is 25.2 Å². The van der Waals surface area contributed by atoms with Crippen LogP contribution in [-0.4, -0.2) is 43.9 Å². The molecule has 0 atom stereocenters. The van der Waals surface area contributed by atoms with Crippen LogP contribution in [0.15, 0.2) is 47.4 Å². The van der Waals surface area contributed by atoms with Gasteiger partial charge in [0.25, 0.3) is 5.69 Å². The van der Waals surface area contributed by atoms with Gasteiger partial charge in [-0.05, 0) is 23.8 Å². The number of halogens is 1. The molecule has 1 aliphatic heterocycles. The summed E-state index contributed by atoms with van der Waals surface area (Å²) in [6.07, 6.45) is 0. The van der Waals surface area contributed by atoms with Crippen LogP contribution in [0.3, 0.4) is 0 Å². The van der Waals surface area contributed by atoms with Gasteiger partial charge in [-0.25, -0.2) is 8.42 Å². The number of hydrogen-bond acceptors (Lipinski definition) is 7. The molecule has 28 heavy (non-hydrogen) atoms. The number of benzene rings is 2. The number of sulfonamides is 1. The number of anilines is 1. The smallest absolute Gasteiger partial charge is 0.325 e. The van der Waals surface area contributed by atoms with Crippen LogP contribution >= 0.6 is 11.6 Å². The van der Waals surface area contributed by atoms with Crippen molar-refractivity contribution in [3.8, 4) is 0 Å². The lowest BCUT2D eigenvalue weighted by atomic mass is 10.2. The summed E-state index contributed by atoms with van der Waals surface area (Å²) in [5.41, 5.74) is 0.646. The average molecular weight is 426 g/mol. The number of rotatable bonds is 5. The fourth-order valence-corrected chi connectivity index (χ4v) is 4.76. The summed E-state index contributed by atoms with van der Waals surface area (Å²) in [4.78, 5) is 23.7. The molecule has 2 aromatic carbocycles. The average Bonchev–Trinajstić information content (AvgIpc) is 2.66. The Kier molecular flexibility index (Phi) is 5.54. The molecular formula is C17H16ClN3O6S. The monoisotopic (exact) mass is 425 g/mol. The van der Waals surface area contributed by atoms with E-state index in [1.165, 1.54) is 43.5 Å². The van der Waals surface area contributed by atoms with Crippen molar-refractivity contribution in [2.24, 2.45) is 0 Å². The zero-order valence-corrected chi connectivity index (χ0v) is 16.3. The molecular weight excluding hydrogens is 410 g/mol. The number of esters is 1. The summed E-state index contributed by atoms with van der Waals surface area (Å²) in [5, 5.41) is 11.2. The standard InChI is InChI=1S/C17H16ClN3O6S/c1-27-17(22)10-19-11-20(9-12-3-2-4-14(7-12)21(23)24)28(25,26)16-8-13(18)5-6-15(16)19/h2-8H,9-11H2,1H3. The van der Waals surface area contributed by atoms with Crippen molar-refractivity contribution in [2.45, 2.75) is 11.4 Å². The summed E-state index contributed by atoms with van der Waals surface area (Å²) >= 11 is 5.98. The number of hydrogen-bond donors (Lipinski definition) is 0. The number of fused-ring (bicyclic) bond motifs is 1. The molecule has 2 aromatic rings. The molecule has 0 saturated heterocycles. The van der Waals surface area contributed by atoms with E-state index in [2.05, 4.69) is 4.74 Å². The highest BCUT2D eigenvalue weighted by Crippen LogP contribution is 2.36. The van der Waals surface area contributed by atoms with Crippen molar-refractivity contribution in [1.29, 1.82) is 0 Å². The highest BCUT2D eigenvalue weighted by atomic mass is 35.5. The third kappa shape index (κ3) is 3.93. The Labute approximate surface area is 166 Å². The van der Waals surface area contributed by atoms with Gasteiger partial charge in [-0.1, -0.05) is 23.7 Å². The molecule has 0 radical (unpaired) electrons. The van der Waals surface area contributed by atoms with E-state index in [1.807, 2.05) is 0 Å². The van der Waals surface area contributed by atoms with E-state index in [-0.39, 0.29) is 35.4 Å². The van der Waals surface area contributed by atoms with Crippen LogP contribution in [0.4, 0.5) is 11.4 Å². The van der Waals surface area contributed by atoms with Crippen LogP contribution in [0.25, 0.3) is 0 Å². The first kappa shape index (κ1) is 20.1. The molecule has 0 fully saturated rings. The molecule has 3 rings (SSSR count). The summed E-state index contributed by atoms with van der Waals surface area (Å²) in [5.74, 6) is -0.532. The van der Waals surface area contributed by atoms with Crippen LogP contribution in [-0.2, 0) is 26.1 Å². The van der Waals surface area contributed by atoms with E-state index in [4.69, 9.17) is 11.6 Å². The molecule has 1 heterocycles.